The number of dihydropyridines is 1. The van der Waals surface area contributed by atoms with E-state index in [1.54, 1.807) is 32.9 Å². The summed E-state index contributed by atoms with van der Waals surface area (Å²) >= 11 is 6.00. The number of carbonyl (C=O) groups is 2. The number of allylic oxidation sites excluding steroid dienone is 2. The van der Waals surface area contributed by atoms with Crippen LogP contribution in [-0.2, 0) is 19.1 Å². The zero-order chi connectivity index (χ0) is 19.3. The normalized spacial score (nSPS) is 17.0. The van der Waals surface area contributed by atoms with Crippen LogP contribution < -0.4 is 5.32 Å². The summed E-state index contributed by atoms with van der Waals surface area (Å²) in [6.07, 6.45) is 0.719. The molecule has 0 saturated heterocycles. The fourth-order valence-corrected chi connectivity index (χ4v) is 3.13. The molecule has 0 bridgehead atoms. The van der Waals surface area contributed by atoms with Crippen molar-refractivity contribution in [2.45, 2.75) is 40.0 Å². The monoisotopic (exact) mass is 377 g/mol. The SMILES string of the molecule is CCCOC(=O)C1=C(C)NC(C)=C(C(=O)OCC)C1c1ccc(Cl)cc1. The summed E-state index contributed by atoms with van der Waals surface area (Å²) < 4.78 is 10.6. The fourth-order valence-electron chi connectivity index (χ4n) is 3.01. The second-order valence-corrected chi connectivity index (χ2v) is 6.48. The summed E-state index contributed by atoms with van der Waals surface area (Å²) in [5.41, 5.74) is 2.92. The maximum Gasteiger partial charge on any atom is 0.336 e. The summed E-state index contributed by atoms with van der Waals surface area (Å²) in [5.74, 6) is -1.46. The first-order chi connectivity index (χ1) is 12.4. The van der Waals surface area contributed by atoms with Crippen LogP contribution >= 0.6 is 11.6 Å². The smallest absolute Gasteiger partial charge is 0.336 e. The number of carbonyl (C=O) groups excluding carboxylic acids is 2. The quantitative estimate of drug-likeness (QED) is 0.756. The predicted molar refractivity (Wildman–Crippen MR) is 101 cm³/mol. The highest BCUT2D eigenvalue weighted by atomic mass is 35.5. The van der Waals surface area contributed by atoms with Gasteiger partial charge in [0.1, 0.15) is 0 Å². The van der Waals surface area contributed by atoms with Gasteiger partial charge in [-0.15, -0.1) is 0 Å². The van der Waals surface area contributed by atoms with Gasteiger partial charge in [0, 0.05) is 16.4 Å². The molecule has 1 aromatic carbocycles. The van der Waals surface area contributed by atoms with E-state index in [1.165, 1.54) is 0 Å². The largest absolute Gasteiger partial charge is 0.463 e. The van der Waals surface area contributed by atoms with Crippen molar-refractivity contribution in [2.75, 3.05) is 13.2 Å². The minimum absolute atomic E-state index is 0.251. The Morgan fingerprint density at radius 2 is 1.54 bits per heavy atom. The standard InChI is InChI=1S/C20H24ClNO4/c1-5-11-26-20(24)17-13(4)22-12(3)16(19(23)25-6-2)18(17)14-7-9-15(21)10-8-14/h7-10,18,22H,5-6,11H2,1-4H3. The number of ether oxygens (including phenoxy) is 2. The topological polar surface area (TPSA) is 64.6 Å². The molecule has 0 fully saturated rings. The molecule has 0 aromatic heterocycles. The van der Waals surface area contributed by atoms with Crippen LogP contribution in [-0.4, -0.2) is 25.2 Å². The highest BCUT2D eigenvalue weighted by Gasteiger charge is 2.37. The zero-order valence-corrected chi connectivity index (χ0v) is 16.3. The predicted octanol–water partition coefficient (Wildman–Crippen LogP) is 4.09. The van der Waals surface area contributed by atoms with Crippen LogP contribution in [0.15, 0.2) is 46.8 Å². The zero-order valence-electron chi connectivity index (χ0n) is 15.5. The number of hydrogen-bond donors (Lipinski definition) is 1. The molecule has 0 saturated carbocycles. The Morgan fingerprint density at radius 1 is 1.00 bits per heavy atom. The van der Waals surface area contributed by atoms with Gasteiger partial charge < -0.3 is 14.8 Å². The van der Waals surface area contributed by atoms with Crippen molar-refractivity contribution >= 4 is 23.5 Å². The Bertz CT molecular complexity index is 750. The highest BCUT2D eigenvalue weighted by molar-refractivity contribution is 6.30. The van der Waals surface area contributed by atoms with E-state index in [-0.39, 0.29) is 6.61 Å². The Labute approximate surface area is 159 Å². The molecule has 140 valence electrons. The lowest BCUT2D eigenvalue weighted by Crippen LogP contribution is -2.32. The van der Waals surface area contributed by atoms with E-state index in [0.29, 0.717) is 34.2 Å². The van der Waals surface area contributed by atoms with Crippen LogP contribution in [0.3, 0.4) is 0 Å². The first kappa shape index (κ1) is 20.0. The van der Waals surface area contributed by atoms with Crippen LogP contribution in [0.5, 0.6) is 0 Å². The van der Waals surface area contributed by atoms with Crippen molar-refractivity contribution in [3.63, 3.8) is 0 Å². The third kappa shape index (κ3) is 4.28. The van der Waals surface area contributed by atoms with Crippen molar-refractivity contribution in [2.24, 2.45) is 0 Å². The molecule has 6 heteroatoms. The van der Waals surface area contributed by atoms with E-state index in [2.05, 4.69) is 5.32 Å². The van der Waals surface area contributed by atoms with Crippen molar-refractivity contribution in [3.8, 4) is 0 Å². The Balaban J connectivity index is 2.57. The molecule has 0 spiro atoms. The Morgan fingerprint density at radius 3 is 2.04 bits per heavy atom. The number of benzene rings is 1. The molecule has 1 aromatic rings. The number of rotatable bonds is 6. The van der Waals surface area contributed by atoms with Gasteiger partial charge in [-0.2, -0.15) is 0 Å². The van der Waals surface area contributed by atoms with E-state index in [1.807, 2.05) is 19.1 Å². The summed E-state index contributed by atoms with van der Waals surface area (Å²) in [6.45, 7) is 7.85. The second kappa shape index (κ2) is 8.90. The maximum atomic E-state index is 12.7. The van der Waals surface area contributed by atoms with Gasteiger partial charge in [0.05, 0.1) is 30.3 Å². The van der Waals surface area contributed by atoms with Crippen molar-refractivity contribution < 1.29 is 19.1 Å². The van der Waals surface area contributed by atoms with E-state index < -0.39 is 17.9 Å². The van der Waals surface area contributed by atoms with E-state index in [0.717, 1.165) is 12.0 Å². The van der Waals surface area contributed by atoms with Crippen molar-refractivity contribution in [1.82, 2.24) is 5.32 Å². The first-order valence-corrected chi connectivity index (χ1v) is 9.06. The fraction of sp³-hybridized carbons (Fsp3) is 0.400. The number of halogens is 1. The molecule has 0 aliphatic carbocycles. The number of nitrogens with one attached hydrogen (secondary N) is 1. The molecule has 26 heavy (non-hydrogen) atoms. The van der Waals surface area contributed by atoms with Crippen molar-refractivity contribution in [3.05, 3.63) is 57.4 Å². The van der Waals surface area contributed by atoms with Gasteiger partial charge in [-0.1, -0.05) is 30.7 Å². The lowest BCUT2D eigenvalue weighted by Gasteiger charge is -2.30. The minimum atomic E-state index is -0.572. The van der Waals surface area contributed by atoms with Crippen LogP contribution in [0.2, 0.25) is 5.02 Å². The van der Waals surface area contributed by atoms with Crippen LogP contribution in [0.25, 0.3) is 0 Å². The third-order valence-corrected chi connectivity index (χ3v) is 4.37. The molecular weight excluding hydrogens is 354 g/mol. The van der Waals surface area contributed by atoms with E-state index >= 15 is 0 Å². The lowest BCUT2D eigenvalue weighted by molar-refractivity contribution is -0.139. The van der Waals surface area contributed by atoms with Crippen LogP contribution in [0.4, 0.5) is 0 Å². The first-order valence-electron chi connectivity index (χ1n) is 8.68. The van der Waals surface area contributed by atoms with Crippen molar-refractivity contribution in [1.29, 1.82) is 0 Å². The Hall–Kier alpha value is -2.27. The minimum Gasteiger partial charge on any atom is -0.463 e. The van der Waals surface area contributed by atoms with Gasteiger partial charge in [0.2, 0.25) is 0 Å². The van der Waals surface area contributed by atoms with Gasteiger partial charge in [-0.05, 0) is 44.9 Å². The number of esters is 2. The molecule has 1 aliphatic rings. The number of hydrogen-bond acceptors (Lipinski definition) is 5. The lowest BCUT2D eigenvalue weighted by atomic mass is 9.80. The van der Waals surface area contributed by atoms with Gasteiger partial charge in [-0.25, -0.2) is 9.59 Å². The van der Waals surface area contributed by atoms with E-state index in [4.69, 9.17) is 21.1 Å². The molecule has 1 unspecified atom stereocenters. The third-order valence-electron chi connectivity index (χ3n) is 4.12. The molecule has 0 radical (unpaired) electrons. The van der Waals surface area contributed by atoms with Crippen LogP contribution in [0, 0.1) is 0 Å². The second-order valence-electron chi connectivity index (χ2n) is 6.04. The maximum absolute atomic E-state index is 12.7. The summed E-state index contributed by atoms with van der Waals surface area (Å²) in [6, 6.07) is 7.10. The molecule has 1 aliphatic heterocycles. The van der Waals surface area contributed by atoms with Gasteiger partial charge in [0.15, 0.2) is 0 Å². The summed E-state index contributed by atoms with van der Waals surface area (Å²) in [7, 11) is 0. The molecule has 1 heterocycles. The Kier molecular flexibility index (Phi) is 6.86. The highest BCUT2D eigenvalue weighted by Crippen LogP contribution is 2.39. The molecule has 5 nitrogen and oxygen atoms in total. The van der Waals surface area contributed by atoms with E-state index in [9.17, 15) is 9.59 Å². The van der Waals surface area contributed by atoms with Gasteiger partial charge in [0.25, 0.3) is 0 Å². The molecule has 1 atom stereocenters. The molecular formula is C20H24ClNO4. The summed E-state index contributed by atoms with van der Waals surface area (Å²) in [4.78, 5) is 25.4. The van der Waals surface area contributed by atoms with Gasteiger partial charge >= 0.3 is 11.9 Å². The molecule has 2 rings (SSSR count). The molecule has 0 amide bonds. The average Bonchev–Trinajstić information content (AvgIpc) is 2.59. The van der Waals surface area contributed by atoms with Crippen LogP contribution in [0.1, 0.15) is 45.6 Å². The summed E-state index contributed by atoms with van der Waals surface area (Å²) in [5, 5.41) is 3.70. The molecule has 1 N–H and O–H groups in total. The average molecular weight is 378 g/mol. The van der Waals surface area contributed by atoms with Gasteiger partial charge in [-0.3, -0.25) is 0 Å².